The molecule has 0 aliphatic carbocycles. The molecule has 0 nitrogen and oxygen atoms in total. The maximum atomic E-state index is 2.22. The molecule has 0 N–H and O–H groups in total. The molecule has 0 unspecified atom stereocenters. The monoisotopic (exact) mass is 1100 g/mol. The summed E-state index contributed by atoms with van der Waals surface area (Å²) in [7, 11) is 0. The zero-order valence-corrected chi connectivity index (χ0v) is 49.4. The first-order valence-corrected chi connectivity index (χ1v) is 30.1. The summed E-state index contributed by atoms with van der Waals surface area (Å²) in [6.45, 7) is 12.9. The Morgan fingerprint density at radius 2 is 0.432 bits per heavy atom. The van der Waals surface area contributed by atoms with E-state index in [0.717, 1.165) is 0 Å². The van der Waals surface area contributed by atoms with E-state index >= 15 is 0 Å². The number of fused-ring (bicyclic) bond motifs is 9. The van der Waals surface area contributed by atoms with E-state index in [1.54, 1.807) is 0 Å². The van der Waals surface area contributed by atoms with Gasteiger partial charge >= 0.3 is 0 Å². The minimum absolute atomic E-state index is 1.28. The van der Waals surface area contributed by atoms with Crippen molar-refractivity contribution in [3.05, 3.63) is 325 Å². The molecule has 0 aliphatic heterocycles. The molecular weight excluding hydrogens is 1030 g/mol. The van der Waals surface area contributed by atoms with Crippen LogP contribution in [0.1, 0.15) is 33.4 Å². The van der Waals surface area contributed by atoms with Gasteiger partial charge in [-0.25, -0.2) is 0 Å². The highest BCUT2D eigenvalue weighted by atomic mass is 32.1. The second-order valence-corrected chi connectivity index (χ2v) is 23.5. The Morgan fingerprint density at radius 1 is 0.185 bits per heavy atom. The zero-order chi connectivity index (χ0) is 55.9. The van der Waals surface area contributed by atoms with E-state index in [1.165, 1.54) is 127 Å². The van der Waals surface area contributed by atoms with Gasteiger partial charge in [0.2, 0.25) is 0 Å². The summed E-state index contributed by atoms with van der Waals surface area (Å²) in [5, 5.41) is 8.34. The molecule has 15 rings (SSSR count). The van der Waals surface area contributed by atoms with E-state index < -0.39 is 0 Å². The highest BCUT2D eigenvalue weighted by Gasteiger charge is 2.08. The largest absolute Gasteiger partial charge is 0.135 e. The number of hydrogen-bond acceptors (Lipinski definition) is 3. The highest BCUT2D eigenvalue weighted by Crippen LogP contribution is 2.38. The van der Waals surface area contributed by atoms with E-state index in [-0.39, 0.29) is 0 Å². The van der Waals surface area contributed by atoms with Gasteiger partial charge in [-0.2, -0.15) is 0 Å². The average molecular weight is 1100 g/mol. The van der Waals surface area contributed by atoms with Crippen molar-refractivity contribution < 1.29 is 0 Å². The predicted molar refractivity (Wildman–Crippen MR) is 362 cm³/mol. The maximum absolute atomic E-state index is 2.22. The SMILES string of the molecule is Cc1cccc(-c2cccc(C)c2)c1.Cc1cccc(-c2ccccc2)c1.Cc1cccc2c1sc1c(C)cccc12.Cc1cccc2c1sc1ccccc12.c1ccc(-c2ccccc2)cc1.c1ccc2c(c1)sc1ccccc12. The molecule has 3 aromatic heterocycles. The Balaban J connectivity index is 0.000000109. The zero-order valence-electron chi connectivity index (χ0n) is 46.9. The van der Waals surface area contributed by atoms with E-state index in [2.05, 4.69) is 315 Å². The van der Waals surface area contributed by atoms with Crippen molar-refractivity contribution >= 4 is 94.5 Å². The Morgan fingerprint density at radius 3 is 0.802 bits per heavy atom. The number of thiophene rings is 3. The molecule has 15 aromatic rings. The summed E-state index contributed by atoms with van der Waals surface area (Å²) in [5.74, 6) is 0. The molecule has 12 aromatic carbocycles. The standard InChI is InChI=1S/C14H12S.C14H14.C13H10S.C13H12.C12H8S.C12H10/c1-9-5-3-7-11-12-8-4-6-10(2)14(12)15-13(9)11;1-11-5-3-7-13(9-11)14-8-4-6-12(2)10-14;1-9-5-4-7-11-10-6-2-3-8-12(10)14-13(9)11;1-11-6-5-9-13(10-11)12-7-3-2-4-8-12;1-3-7-11-9(5-1)10-6-2-4-8-12(10)13-11;1-3-7-11(8-4-1)12-9-5-2-6-10-12/h3-8H,1-2H3;3-10H,1-2H3;2-8H,1H3;2-10H,1H3;1-8H;1-10H. The normalized spacial score (nSPS) is 10.6. The van der Waals surface area contributed by atoms with Gasteiger partial charge in [0, 0.05) is 60.5 Å². The Kier molecular flexibility index (Phi) is 18.5. The fourth-order valence-corrected chi connectivity index (χ4v) is 13.5. The fraction of sp³-hybridized carbons (Fsp3) is 0.0769. The molecule has 0 atom stereocenters. The lowest BCUT2D eigenvalue weighted by atomic mass is 10.0. The maximum Gasteiger partial charge on any atom is 0.0384 e. The number of hydrogen-bond donors (Lipinski definition) is 0. The van der Waals surface area contributed by atoms with E-state index in [0.29, 0.717) is 0 Å². The first-order valence-electron chi connectivity index (χ1n) is 27.6. The topological polar surface area (TPSA) is 0 Å². The lowest BCUT2D eigenvalue weighted by Crippen LogP contribution is -1.80. The van der Waals surface area contributed by atoms with Crippen LogP contribution in [-0.2, 0) is 0 Å². The van der Waals surface area contributed by atoms with Gasteiger partial charge in [0.1, 0.15) is 0 Å². The fourth-order valence-electron chi connectivity index (χ4n) is 10.0. The second-order valence-electron chi connectivity index (χ2n) is 20.4. The molecule has 0 aliphatic rings. The van der Waals surface area contributed by atoms with Gasteiger partial charge in [0.15, 0.2) is 0 Å². The van der Waals surface area contributed by atoms with Crippen LogP contribution in [0.5, 0.6) is 0 Å². The van der Waals surface area contributed by atoms with Crippen molar-refractivity contribution in [1.29, 1.82) is 0 Å². The van der Waals surface area contributed by atoms with Gasteiger partial charge in [-0.15, -0.1) is 34.0 Å². The molecule has 0 fully saturated rings. The number of rotatable bonds is 3. The molecule has 0 spiro atoms. The van der Waals surface area contributed by atoms with Crippen LogP contribution in [0, 0.1) is 41.5 Å². The summed E-state index contributed by atoms with van der Waals surface area (Å²) in [6, 6.07) is 102. The van der Waals surface area contributed by atoms with Gasteiger partial charge in [-0.1, -0.05) is 290 Å². The molecule has 0 bridgehead atoms. The molecule has 0 saturated carbocycles. The molecular formula is C78H66S3. The quantitative estimate of drug-likeness (QED) is 0.165. The molecule has 396 valence electrons. The third-order valence-electron chi connectivity index (χ3n) is 14.2. The van der Waals surface area contributed by atoms with Crippen LogP contribution in [0.2, 0.25) is 0 Å². The molecule has 0 amide bonds. The van der Waals surface area contributed by atoms with Gasteiger partial charge < -0.3 is 0 Å². The van der Waals surface area contributed by atoms with Crippen LogP contribution in [0.15, 0.2) is 291 Å². The van der Waals surface area contributed by atoms with E-state index in [4.69, 9.17) is 0 Å². The van der Waals surface area contributed by atoms with E-state index in [1.807, 2.05) is 52.2 Å². The van der Waals surface area contributed by atoms with E-state index in [9.17, 15) is 0 Å². The van der Waals surface area contributed by atoms with Crippen molar-refractivity contribution in [2.24, 2.45) is 0 Å². The van der Waals surface area contributed by atoms with Crippen LogP contribution in [0.3, 0.4) is 0 Å². The minimum atomic E-state index is 1.28. The van der Waals surface area contributed by atoms with Crippen molar-refractivity contribution in [2.75, 3.05) is 0 Å². The smallest absolute Gasteiger partial charge is 0.0384 e. The lowest BCUT2D eigenvalue weighted by molar-refractivity contribution is 1.44. The first-order chi connectivity index (χ1) is 39.7. The molecule has 0 saturated heterocycles. The van der Waals surface area contributed by atoms with Gasteiger partial charge in [-0.3, -0.25) is 0 Å². The van der Waals surface area contributed by atoms with Crippen molar-refractivity contribution in [3.8, 4) is 33.4 Å². The average Bonchev–Trinajstić information content (AvgIpc) is 4.39. The third kappa shape index (κ3) is 14.0. The first kappa shape index (κ1) is 55.6. The molecule has 3 heterocycles. The number of benzene rings is 12. The minimum Gasteiger partial charge on any atom is -0.135 e. The van der Waals surface area contributed by atoms with Crippen LogP contribution < -0.4 is 0 Å². The third-order valence-corrected chi connectivity index (χ3v) is 18.1. The van der Waals surface area contributed by atoms with Crippen LogP contribution in [-0.4, -0.2) is 0 Å². The van der Waals surface area contributed by atoms with Crippen LogP contribution in [0.25, 0.3) is 93.9 Å². The molecule has 3 heteroatoms. The Hall–Kier alpha value is -8.70. The Labute approximate surface area is 490 Å². The summed E-state index contributed by atoms with van der Waals surface area (Å²) in [5.41, 5.74) is 15.8. The highest BCUT2D eigenvalue weighted by molar-refractivity contribution is 7.26. The van der Waals surface area contributed by atoms with Crippen molar-refractivity contribution in [3.63, 3.8) is 0 Å². The van der Waals surface area contributed by atoms with Crippen molar-refractivity contribution in [2.45, 2.75) is 41.5 Å². The summed E-state index contributed by atoms with van der Waals surface area (Å²) >= 11 is 5.66. The summed E-state index contributed by atoms with van der Waals surface area (Å²) < 4.78 is 8.43. The summed E-state index contributed by atoms with van der Waals surface area (Å²) in [4.78, 5) is 0. The van der Waals surface area contributed by atoms with Gasteiger partial charge in [0.05, 0.1) is 0 Å². The number of aryl methyl sites for hydroxylation is 6. The predicted octanol–water partition coefficient (Wildman–Crippen LogP) is 24.1. The molecule has 81 heavy (non-hydrogen) atoms. The Bertz CT molecular complexity index is 4280. The van der Waals surface area contributed by atoms with Crippen LogP contribution >= 0.6 is 34.0 Å². The lowest BCUT2D eigenvalue weighted by Gasteiger charge is -2.03. The molecule has 0 radical (unpaired) electrons. The summed E-state index contributed by atoms with van der Waals surface area (Å²) in [6.07, 6.45) is 0. The van der Waals surface area contributed by atoms with Crippen molar-refractivity contribution in [1.82, 2.24) is 0 Å². The second kappa shape index (κ2) is 27.0. The van der Waals surface area contributed by atoms with Gasteiger partial charge in [0.25, 0.3) is 0 Å². The van der Waals surface area contributed by atoms with Gasteiger partial charge in [-0.05, 0) is 110 Å². The van der Waals surface area contributed by atoms with Crippen LogP contribution in [0.4, 0.5) is 0 Å².